The quantitative estimate of drug-likeness (QED) is 0.743. The minimum Gasteiger partial charge on any atom is -0.479 e. The van der Waals surface area contributed by atoms with Crippen molar-refractivity contribution in [2.24, 2.45) is 0 Å². The average molecular weight is 348 g/mol. The van der Waals surface area contributed by atoms with Gasteiger partial charge in [-0.25, -0.2) is 9.97 Å². The van der Waals surface area contributed by atoms with Gasteiger partial charge >= 0.3 is 0 Å². The number of carbonyl (C=O) groups is 2. The van der Waals surface area contributed by atoms with Crippen molar-refractivity contribution < 1.29 is 14.3 Å². The van der Waals surface area contributed by atoms with Crippen LogP contribution in [0.25, 0.3) is 11.0 Å². The molecule has 130 valence electrons. The zero-order valence-corrected chi connectivity index (χ0v) is 14.3. The summed E-state index contributed by atoms with van der Waals surface area (Å²) in [5, 5.41) is 5.54. The molecule has 3 aromatic rings. The summed E-state index contributed by atoms with van der Waals surface area (Å²) in [6.45, 7) is 3.71. The fraction of sp³-hybridized carbons (Fsp3) is 0.158. The van der Waals surface area contributed by atoms with Crippen molar-refractivity contribution >= 4 is 34.2 Å². The summed E-state index contributed by atoms with van der Waals surface area (Å²) in [6, 6.07) is 10.4. The predicted molar refractivity (Wildman–Crippen MR) is 97.5 cm³/mol. The molecule has 1 aliphatic rings. The van der Waals surface area contributed by atoms with E-state index in [9.17, 15) is 9.59 Å². The fourth-order valence-electron chi connectivity index (χ4n) is 2.78. The van der Waals surface area contributed by atoms with Crippen LogP contribution in [-0.2, 0) is 4.79 Å². The largest absolute Gasteiger partial charge is 0.479 e. The number of carbonyl (C=O) groups excluding carboxylic acids is 2. The summed E-state index contributed by atoms with van der Waals surface area (Å²) >= 11 is 0. The van der Waals surface area contributed by atoms with Gasteiger partial charge in [0.15, 0.2) is 12.4 Å². The van der Waals surface area contributed by atoms with Gasteiger partial charge in [-0.15, -0.1) is 0 Å². The zero-order valence-electron chi connectivity index (χ0n) is 14.3. The molecule has 4 rings (SSSR count). The number of para-hydroxylation sites is 1. The minimum absolute atomic E-state index is 0.0793. The summed E-state index contributed by atoms with van der Waals surface area (Å²) in [5.41, 5.74) is 4.61. The Morgan fingerprint density at radius 3 is 2.69 bits per heavy atom. The molecule has 1 aliphatic heterocycles. The number of fused-ring (bicyclic) bond motifs is 2. The Morgan fingerprint density at radius 2 is 1.88 bits per heavy atom. The van der Waals surface area contributed by atoms with E-state index in [-0.39, 0.29) is 18.4 Å². The normalized spacial score (nSPS) is 12.9. The number of benzene rings is 2. The SMILES string of the molecule is Cc1nc2ccc(C(=O)Nc3cccc4c3OCC(=O)N4)cc2nc1C. The predicted octanol–water partition coefficient (Wildman–Crippen LogP) is 2.83. The molecule has 1 aromatic heterocycles. The maximum atomic E-state index is 12.7. The molecule has 0 bridgehead atoms. The molecule has 26 heavy (non-hydrogen) atoms. The number of nitrogens with zero attached hydrogens (tertiary/aromatic N) is 2. The summed E-state index contributed by atoms with van der Waals surface area (Å²) in [5.74, 6) is -0.0620. The highest BCUT2D eigenvalue weighted by Crippen LogP contribution is 2.35. The van der Waals surface area contributed by atoms with Crippen molar-refractivity contribution in [2.45, 2.75) is 13.8 Å². The first kappa shape index (κ1) is 16.0. The van der Waals surface area contributed by atoms with Gasteiger partial charge in [0.1, 0.15) is 0 Å². The van der Waals surface area contributed by atoms with Crippen molar-refractivity contribution in [2.75, 3.05) is 17.2 Å². The van der Waals surface area contributed by atoms with Crippen molar-refractivity contribution in [1.29, 1.82) is 0 Å². The van der Waals surface area contributed by atoms with E-state index < -0.39 is 0 Å². The summed E-state index contributed by atoms with van der Waals surface area (Å²) in [7, 11) is 0. The molecular weight excluding hydrogens is 332 g/mol. The fourth-order valence-corrected chi connectivity index (χ4v) is 2.78. The zero-order chi connectivity index (χ0) is 18.3. The van der Waals surface area contributed by atoms with Crippen LogP contribution in [-0.4, -0.2) is 28.4 Å². The number of ether oxygens (including phenoxy) is 1. The van der Waals surface area contributed by atoms with Gasteiger partial charge in [0.2, 0.25) is 0 Å². The molecule has 0 radical (unpaired) electrons. The summed E-state index contributed by atoms with van der Waals surface area (Å²) in [4.78, 5) is 33.0. The minimum atomic E-state index is -0.291. The van der Waals surface area contributed by atoms with Crippen LogP contribution in [0.5, 0.6) is 5.75 Å². The lowest BCUT2D eigenvalue weighted by molar-refractivity contribution is -0.118. The van der Waals surface area contributed by atoms with E-state index in [4.69, 9.17) is 4.74 Å². The van der Waals surface area contributed by atoms with Crippen LogP contribution in [0, 0.1) is 13.8 Å². The maximum absolute atomic E-state index is 12.7. The molecule has 0 atom stereocenters. The van der Waals surface area contributed by atoms with E-state index in [0.717, 1.165) is 16.9 Å². The van der Waals surface area contributed by atoms with E-state index in [1.807, 2.05) is 13.8 Å². The second kappa shape index (κ2) is 6.11. The first-order valence-electron chi connectivity index (χ1n) is 8.13. The number of anilines is 2. The molecule has 2 aromatic carbocycles. The van der Waals surface area contributed by atoms with Crippen LogP contribution in [0.4, 0.5) is 11.4 Å². The molecular formula is C19H16N4O3. The Kier molecular flexibility index (Phi) is 3.76. The van der Waals surface area contributed by atoms with Crippen LogP contribution in [0.2, 0.25) is 0 Å². The molecule has 0 unspecified atom stereocenters. The standard InChI is InChI=1S/C19H16N4O3/c1-10-11(2)21-16-8-12(6-7-13(16)20-10)19(25)23-15-5-3-4-14-18(15)26-9-17(24)22-14/h3-8H,9H2,1-2H3,(H,22,24)(H,23,25). The molecule has 0 saturated heterocycles. The Hall–Kier alpha value is -3.48. The molecule has 2 heterocycles. The van der Waals surface area contributed by atoms with Crippen LogP contribution >= 0.6 is 0 Å². The third-order valence-corrected chi connectivity index (χ3v) is 4.22. The topological polar surface area (TPSA) is 93.2 Å². The molecule has 2 N–H and O–H groups in total. The van der Waals surface area contributed by atoms with Crippen molar-refractivity contribution in [1.82, 2.24) is 9.97 Å². The van der Waals surface area contributed by atoms with Crippen LogP contribution in [0.3, 0.4) is 0 Å². The molecule has 7 heteroatoms. The van der Waals surface area contributed by atoms with Gasteiger partial charge < -0.3 is 15.4 Å². The average Bonchev–Trinajstić information content (AvgIpc) is 2.62. The van der Waals surface area contributed by atoms with Gasteiger partial charge in [-0.05, 0) is 44.2 Å². The van der Waals surface area contributed by atoms with Gasteiger partial charge in [-0.1, -0.05) is 6.07 Å². The van der Waals surface area contributed by atoms with Gasteiger partial charge in [-0.2, -0.15) is 0 Å². The van der Waals surface area contributed by atoms with E-state index in [1.165, 1.54) is 0 Å². The number of aromatic nitrogens is 2. The highest BCUT2D eigenvalue weighted by atomic mass is 16.5. The number of aryl methyl sites for hydroxylation is 2. The molecule has 0 aliphatic carbocycles. The lowest BCUT2D eigenvalue weighted by Crippen LogP contribution is -2.26. The third-order valence-electron chi connectivity index (χ3n) is 4.22. The van der Waals surface area contributed by atoms with E-state index in [2.05, 4.69) is 20.6 Å². The number of nitrogens with one attached hydrogen (secondary N) is 2. The molecule has 0 saturated carbocycles. The Morgan fingerprint density at radius 1 is 1.12 bits per heavy atom. The lowest BCUT2D eigenvalue weighted by Gasteiger charge is -2.20. The molecule has 2 amide bonds. The number of amides is 2. The second-order valence-corrected chi connectivity index (χ2v) is 6.07. The van der Waals surface area contributed by atoms with Crippen LogP contribution in [0.1, 0.15) is 21.7 Å². The number of rotatable bonds is 2. The van der Waals surface area contributed by atoms with Gasteiger partial charge in [0.25, 0.3) is 11.8 Å². The Bertz CT molecular complexity index is 1060. The van der Waals surface area contributed by atoms with E-state index in [1.54, 1.807) is 36.4 Å². The van der Waals surface area contributed by atoms with Crippen LogP contribution in [0.15, 0.2) is 36.4 Å². The summed E-state index contributed by atoms with van der Waals surface area (Å²) < 4.78 is 5.45. The molecule has 0 spiro atoms. The van der Waals surface area contributed by atoms with Crippen molar-refractivity contribution in [3.05, 3.63) is 53.3 Å². The monoisotopic (exact) mass is 348 g/mol. The van der Waals surface area contributed by atoms with Crippen molar-refractivity contribution in [3.63, 3.8) is 0 Å². The third kappa shape index (κ3) is 2.83. The lowest BCUT2D eigenvalue weighted by atomic mass is 10.1. The van der Waals surface area contributed by atoms with Crippen LogP contribution < -0.4 is 15.4 Å². The highest BCUT2D eigenvalue weighted by molar-refractivity contribution is 6.08. The molecule has 0 fully saturated rings. The van der Waals surface area contributed by atoms with Gasteiger partial charge in [0, 0.05) is 5.56 Å². The van der Waals surface area contributed by atoms with E-state index in [0.29, 0.717) is 28.2 Å². The first-order valence-corrected chi connectivity index (χ1v) is 8.13. The van der Waals surface area contributed by atoms with Gasteiger partial charge in [0.05, 0.1) is 33.8 Å². The molecule has 7 nitrogen and oxygen atoms in total. The van der Waals surface area contributed by atoms with Crippen molar-refractivity contribution in [3.8, 4) is 5.75 Å². The number of hydrogen-bond donors (Lipinski definition) is 2. The number of hydrogen-bond acceptors (Lipinski definition) is 5. The first-order chi connectivity index (χ1) is 12.5. The maximum Gasteiger partial charge on any atom is 0.262 e. The Labute approximate surface area is 149 Å². The smallest absolute Gasteiger partial charge is 0.262 e. The Balaban J connectivity index is 1.65. The van der Waals surface area contributed by atoms with Gasteiger partial charge in [-0.3, -0.25) is 9.59 Å². The highest BCUT2D eigenvalue weighted by Gasteiger charge is 2.20. The van der Waals surface area contributed by atoms with E-state index >= 15 is 0 Å². The summed E-state index contributed by atoms with van der Waals surface area (Å²) in [6.07, 6.45) is 0. The second-order valence-electron chi connectivity index (χ2n) is 6.07.